The van der Waals surface area contributed by atoms with Crippen LogP contribution in [-0.2, 0) is 6.42 Å². The van der Waals surface area contributed by atoms with Crippen LogP contribution in [0.1, 0.15) is 27.0 Å². The molecule has 0 saturated carbocycles. The molecule has 0 spiro atoms. The molecule has 0 unspecified atom stereocenters. The van der Waals surface area contributed by atoms with Crippen LogP contribution in [0.3, 0.4) is 0 Å². The number of nitrogens with zero attached hydrogens (tertiary/aromatic N) is 1. The normalized spacial score (nSPS) is 10.5. The fourth-order valence-corrected chi connectivity index (χ4v) is 2.73. The Bertz CT molecular complexity index is 956. The van der Waals surface area contributed by atoms with Crippen molar-refractivity contribution in [3.8, 4) is 0 Å². The van der Waals surface area contributed by atoms with Crippen LogP contribution in [0.25, 0.3) is 0 Å². The second kappa shape index (κ2) is 8.45. The van der Waals surface area contributed by atoms with Gasteiger partial charge in [-0.3, -0.25) is 9.78 Å². The van der Waals surface area contributed by atoms with Gasteiger partial charge in [-0.15, -0.1) is 0 Å². The molecule has 0 saturated heterocycles. The molecule has 2 aromatic carbocycles. The van der Waals surface area contributed by atoms with Gasteiger partial charge in [-0.1, -0.05) is 24.3 Å². The maximum atomic E-state index is 13.7. The van der Waals surface area contributed by atoms with Gasteiger partial charge in [-0.05, 0) is 61.2 Å². The lowest BCUT2D eigenvalue weighted by Crippen LogP contribution is -2.13. The Labute approximate surface area is 158 Å². The first-order valence-corrected chi connectivity index (χ1v) is 8.84. The van der Waals surface area contributed by atoms with Gasteiger partial charge in [0.1, 0.15) is 5.82 Å². The summed E-state index contributed by atoms with van der Waals surface area (Å²) in [4.78, 5) is 16.6. The molecule has 27 heavy (non-hydrogen) atoms. The molecular formula is C22H22FN3O. The smallest absolute Gasteiger partial charge is 0.257 e. The van der Waals surface area contributed by atoms with E-state index in [1.165, 1.54) is 17.8 Å². The van der Waals surface area contributed by atoms with Crippen LogP contribution in [0.4, 0.5) is 15.8 Å². The highest BCUT2D eigenvalue weighted by atomic mass is 19.1. The molecule has 0 aliphatic carbocycles. The Balaban J connectivity index is 1.61. The third kappa shape index (κ3) is 4.91. The fraction of sp³-hybridized carbons (Fsp3) is 0.182. The van der Waals surface area contributed by atoms with Gasteiger partial charge < -0.3 is 10.6 Å². The number of carbonyl (C=O) groups is 1. The van der Waals surface area contributed by atoms with Crippen molar-refractivity contribution < 1.29 is 9.18 Å². The molecule has 4 nitrogen and oxygen atoms in total. The zero-order valence-electron chi connectivity index (χ0n) is 15.4. The Morgan fingerprint density at radius 2 is 1.81 bits per heavy atom. The lowest BCUT2D eigenvalue weighted by atomic mass is 10.1. The van der Waals surface area contributed by atoms with E-state index < -0.39 is 0 Å². The standard InChI is InChI=1S/C22H22FN3O/c1-15-7-8-19(11-16(15)2)26-22(27)18-12-20(14-24-13-18)25-10-9-17-5-3-4-6-21(17)23/h3-8,11-14,25H,9-10H2,1-2H3,(H,26,27). The molecule has 3 rings (SSSR count). The largest absolute Gasteiger partial charge is 0.383 e. The lowest BCUT2D eigenvalue weighted by Gasteiger charge is -2.10. The number of anilines is 2. The molecule has 0 radical (unpaired) electrons. The van der Waals surface area contributed by atoms with Crippen LogP contribution in [0.2, 0.25) is 0 Å². The van der Waals surface area contributed by atoms with E-state index in [0.29, 0.717) is 24.1 Å². The van der Waals surface area contributed by atoms with E-state index in [2.05, 4.69) is 15.6 Å². The summed E-state index contributed by atoms with van der Waals surface area (Å²) in [5.41, 5.74) is 4.89. The number of hydrogen-bond acceptors (Lipinski definition) is 3. The van der Waals surface area contributed by atoms with Crippen LogP contribution in [0.15, 0.2) is 60.9 Å². The lowest BCUT2D eigenvalue weighted by molar-refractivity contribution is 0.102. The van der Waals surface area contributed by atoms with E-state index in [9.17, 15) is 9.18 Å². The SMILES string of the molecule is Cc1ccc(NC(=O)c2cncc(NCCc3ccccc3F)c2)cc1C. The molecule has 1 amide bonds. The van der Waals surface area contributed by atoms with Crippen molar-refractivity contribution in [3.05, 3.63) is 89.0 Å². The van der Waals surface area contributed by atoms with Crippen molar-refractivity contribution >= 4 is 17.3 Å². The topological polar surface area (TPSA) is 54.0 Å². The molecule has 0 bridgehead atoms. The van der Waals surface area contributed by atoms with Crippen LogP contribution in [0.5, 0.6) is 0 Å². The number of pyridine rings is 1. The Morgan fingerprint density at radius 1 is 1.00 bits per heavy atom. The highest BCUT2D eigenvalue weighted by molar-refractivity contribution is 6.04. The molecule has 3 aromatic rings. The molecular weight excluding hydrogens is 341 g/mol. The van der Waals surface area contributed by atoms with Gasteiger partial charge in [-0.25, -0.2) is 4.39 Å². The Hall–Kier alpha value is -3.21. The zero-order chi connectivity index (χ0) is 19.2. The minimum Gasteiger partial charge on any atom is -0.383 e. The number of benzene rings is 2. The van der Waals surface area contributed by atoms with Gasteiger partial charge >= 0.3 is 0 Å². The van der Waals surface area contributed by atoms with Gasteiger partial charge in [0.2, 0.25) is 0 Å². The number of aryl methyl sites for hydroxylation is 2. The second-order valence-corrected chi connectivity index (χ2v) is 6.48. The molecule has 138 valence electrons. The third-order valence-corrected chi connectivity index (χ3v) is 4.45. The highest BCUT2D eigenvalue weighted by Gasteiger charge is 2.08. The number of rotatable bonds is 6. The van der Waals surface area contributed by atoms with Crippen molar-refractivity contribution in [2.45, 2.75) is 20.3 Å². The van der Waals surface area contributed by atoms with Crippen molar-refractivity contribution in [2.75, 3.05) is 17.2 Å². The molecule has 0 aliphatic rings. The van der Waals surface area contributed by atoms with Gasteiger partial charge in [0.25, 0.3) is 5.91 Å². The molecule has 5 heteroatoms. The van der Waals surface area contributed by atoms with Crippen LogP contribution >= 0.6 is 0 Å². The maximum absolute atomic E-state index is 13.7. The maximum Gasteiger partial charge on any atom is 0.257 e. The first-order valence-electron chi connectivity index (χ1n) is 8.84. The van der Waals surface area contributed by atoms with E-state index in [1.807, 2.05) is 38.1 Å². The van der Waals surface area contributed by atoms with Crippen molar-refractivity contribution in [1.29, 1.82) is 0 Å². The second-order valence-electron chi connectivity index (χ2n) is 6.48. The summed E-state index contributed by atoms with van der Waals surface area (Å²) in [5, 5.41) is 6.07. The Kier molecular flexibility index (Phi) is 5.81. The third-order valence-electron chi connectivity index (χ3n) is 4.45. The van der Waals surface area contributed by atoms with E-state index >= 15 is 0 Å². The number of nitrogens with one attached hydrogen (secondary N) is 2. The van der Waals surface area contributed by atoms with E-state index in [0.717, 1.165) is 16.9 Å². The van der Waals surface area contributed by atoms with Crippen LogP contribution < -0.4 is 10.6 Å². The molecule has 1 heterocycles. The molecule has 2 N–H and O–H groups in total. The summed E-state index contributed by atoms with van der Waals surface area (Å²) in [5.74, 6) is -0.428. The molecule has 0 aliphatic heterocycles. The highest BCUT2D eigenvalue weighted by Crippen LogP contribution is 2.16. The van der Waals surface area contributed by atoms with Crippen molar-refractivity contribution in [3.63, 3.8) is 0 Å². The van der Waals surface area contributed by atoms with Crippen molar-refractivity contribution in [1.82, 2.24) is 4.98 Å². The average molecular weight is 363 g/mol. The first-order chi connectivity index (χ1) is 13.0. The monoisotopic (exact) mass is 363 g/mol. The number of hydrogen-bond donors (Lipinski definition) is 2. The van der Waals surface area contributed by atoms with E-state index in [-0.39, 0.29) is 11.7 Å². The first kappa shape index (κ1) is 18.6. The number of carbonyl (C=O) groups excluding carboxylic acids is 1. The summed E-state index contributed by atoms with van der Waals surface area (Å²) in [6.45, 7) is 4.58. The zero-order valence-corrected chi connectivity index (χ0v) is 15.4. The van der Waals surface area contributed by atoms with Gasteiger partial charge in [0.15, 0.2) is 0 Å². The number of aromatic nitrogens is 1. The predicted molar refractivity (Wildman–Crippen MR) is 107 cm³/mol. The summed E-state index contributed by atoms with van der Waals surface area (Å²) in [7, 11) is 0. The molecule has 0 atom stereocenters. The summed E-state index contributed by atoms with van der Waals surface area (Å²) in [6.07, 6.45) is 3.72. The van der Waals surface area contributed by atoms with Crippen LogP contribution in [0, 0.1) is 19.7 Å². The minimum absolute atomic E-state index is 0.209. The molecule has 1 aromatic heterocycles. The minimum atomic E-state index is -0.219. The van der Waals surface area contributed by atoms with Gasteiger partial charge in [-0.2, -0.15) is 0 Å². The molecule has 0 fully saturated rings. The van der Waals surface area contributed by atoms with Crippen LogP contribution in [-0.4, -0.2) is 17.4 Å². The Morgan fingerprint density at radius 3 is 2.59 bits per heavy atom. The fourth-order valence-electron chi connectivity index (χ4n) is 2.73. The predicted octanol–water partition coefficient (Wildman–Crippen LogP) is 4.74. The van der Waals surface area contributed by atoms with Crippen molar-refractivity contribution in [2.24, 2.45) is 0 Å². The quantitative estimate of drug-likeness (QED) is 0.665. The van der Waals surface area contributed by atoms with E-state index in [4.69, 9.17) is 0 Å². The van der Waals surface area contributed by atoms with E-state index in [1.54, 1.807) is 24.4 Å². The van der Waals surface area contributed by atoms with Gasteiger partial charge in [0, 0.05) is 24.6 Å². The van der Waals surface area contributed by atoms with Gasteiger partial charge in [0.05, 0.1) is 11.3 Å². The average Bonchev–Trinajstić information content (AvgIpc) is 2.66. The number of amides is 1. The summed E-state index contributed by atoms with van der Waals surface area (Å²) in [6, 6.07) is 14.2. The summed E-state index contributed by atoms with van der Waals surface area (Å²) < 4.78 is 13.7. The summed E-state index contributed by atoms with van der Waals surface area (Å²) >= 11 is 0. The number of halogens is 1.